The maximum Gasteiger partial charge on any atom is 0.323 e. The Kier molecular flexibility index (Phi) is 5.91. The maximum atomic E-state index is 12.2. The Morgan fingerprint density at radius 2 is 2.22 bits per heavy atom. The van der Waals surface area contributed by atoms with E-state index in [-0.39, 0.29) is 12.6 Å². The molecule has 0 aromatic rings. The number of hydrogen-bond donors (Lipinski definition) is 2. The second kappa shape index (κ2) is 7.20. The molecule has 1 atom stereocenters. The first-order valence-corrected chi connectivity index (χ1v) is 6.48. The van der Waals surface area contributed by atoms with Gasteiger partial charge in [0.1, 0.15) is 6.54 Å². The smallest absolute Gasteiger partial charge is 0.323 e. The maximum absolute atomic E-state index is 12.2. The lowest BCUT2D eigenvalue weighted by atomic mass is 9.98. The molecule has 6 heteroatoms. The van der Waals surface area contributed by atoms with E-state index in [0.717, 1.165) is 32.5 Å². The molecule has 1 unspecified atom stereocenters. The summed E-state index contributed by atoms with van der Waals surface area (Å²) in [6.45, 7) is 4.36. The molecule has 1 fully saturated rings. The number of urea groups is 1. The molecule has 0 saturated carbocycles. The molecule has 104 valence electrons. The van der Waals surface area contributed by atoms with Crippen molar-refractivity contribution in [3.05, 3.63) is 0 Å². The lowest BCUT2D eigenvalue weighted by Gasteiger charge is -2.35. The third-order valence-corrected chi connectivity index (χ3v) is 3.26. The fraction of sp³-hybridized carbons (Fsp3) is 0.833. The van der Waals surface area contributed by atoms with Crippen molar-refractivity contribution in [2.75, 3.05) is 39.8 Å². The number of carbonyl (C=O) groups is 2. The Labute approximate surface area is 108 Å². The van der Waals surface area contributed by atoms with E-state index >= 15 is 0 Å². The molecular weight excluding hydrogens is 234 g/mol. The van der Waals surface area contributed by atoms with Gasteiger partial charge in [-0.2, -0.15) is 0 Å². The van der Waals surface area contributed by atoms with Gasteiger partial charge < -0.3 is 20.2 Å². The lowest BCUT2D eigenvalue weighted by molar-refractivity contribution is -0.137. The van der Waals surface area contributed by atoms with Gasteiger partial charge in [-0.3, -0.25) is 4.79 Å². The number of hydrogen-bond acceptors (Lipinski definition) is 3. The fourth-order valence-electron chi connectivity index (χ4n) is 2.37. The number of carboxylic acids is 1. The van der Waals surface area contributed by atoms with Crippen LogP contribution in [0, 0.1) is 5.92 Å². The van der Waals surface area contributed by atoms with Crippen molar-refractivity contribution in [1.82, 2.24) is 15.1 Å². The van der Waals surface area contributed by atoms with E-state index in [1.807, 2.05) is 7.05 Å². The lowest BCUT2D eigenvalue weighted by Crippen LogP contribution is -2.50. The predicted molar refractivity (Wildman–Crippen MR) is 68.5 cm³/mol. The molecule has 2 N–H and O–H groups in total. The van der Waals surface area contributed by atoms with E-state index in [0.29, 0.717) is 12.5 Å². The molecule has 0 aromatic heterocycles. The van der Waals surface area contributed by atoms with Crippen LogP contribution in [0.4, 0.5) is 4.79 Å². The van der Waals surface area contributed by atoms with Crippen LogP contribution in [-0.2, 0) is 4.79 Å². The van der Waals surface area contributed by atoms with Crippen molar-refractivity contribution in [1.29, 1.82) is 0 Å². The molecule has 0 bridgehead atoms. The van der Waals surface area contributed by atoms with Crippen LogP contribution in [0.2, 0.25) is 0 Å². The first-order chi connectivity index (χ1) is 8.58. The molecule has 2 amide bonds. The topological polar surface area (TPSA) is 72.9 Å². The summed E-state index contributed by atoms with van der Waals surface area (Å²) >= 11 is 0. The molecular formula is C12H23N3O3. The molecule has 0 aromatic carbocycles. The van der Waals surface area contributed by atoms with Gasteiger partial charge in [-0.1, -0.05) is 0 Å². The van der Waals surface area contributed by atoms with Crippen LogP contribution in [0.1, 0.15) is 19.8 Å². The van der Waals surface area contributed by atoms with E-state index in [4.69, 9.17) is 5.11 Å². The van der Waals surface area contributed by atoms with Crippen molar-refractivity contribution >= 4 is 12.0 Å². The average molecular weight is 257 g/mol. The highest BCUT2D eigenvalue weighted by Gasteiger charge is 2.26. The highest BCUT2D eigenvalue weighted by molar-refractivity contribution is 5.80. The van der Waals surface area contributed by atoms with Gasteiger partial charge >= 0.3 is 12.0 Å². The predicted octanol–water partition coefficient (Wildman–Crippen LogP) is 0.444. The van der Waals surface area contributed by atoms with Crippen LogP contribution in [-0.4, -0.2) is 66.7 Å². The van der Waals surface area contributed by atoms with Gasteiger partial charge in [0.15, 0.2) is 0 Å². The van der Waals surface area contributed by atoms with Gasteiger partial charge in [0.2, 0.25) is 0 Å². The Balaban J connectivity index is 2.55. The summed E-state index contributed by atoms with van der Waals surface area (Å²) in [7, 11) is 1.91. The number of carbonyl (C=O) groups excluding carboxylic acids is 1. The minimum Gasteiger partial charge on any atom is -0.480 e. The monoisotopic (exact) mass is 257 g/mol. The van der Waals surface area contributed by atoms with Crippen LogP contribution < -0.4 is 5.32 Å². The van der Waals surface area contributed by atoms with Gasteiger partial charge in [-0.05, 0) is 39.3 Å². The first-order valence-electron chi connectivity index (χ1n) is 6.48. The minimum atomic E-state index is -0.964. The second-order valence-corrected chi connectivity index (χ2v) is 4.70. The summed E-state index contributed by atoms with van der Waals surface area (Å²) in [4.78, 5) is 26.0. The molecule has 6 nitrogen and oxygen atoms in total. The third-order valence-electron chi connectivity index (χ3n) is 3.26. The summed E-state index contributed by atoms with van der Waals surface area (Å²) in [6.07, 6.45) is 2.11. The summed E-state index contributed by atoms with van der Waals surface area (Å²) in [6, 6.07) is -0.152. The van der Waals surface area contributed by atoms with Crippen LogP contribution >= 0.6 is 0 Å². The number of nitrogens with one attached hydrogen (secondary N) is 1. The van der Waals surface area contributed by atoms with Gasteiger partial charge in [0.05, 0.1) is 0 Å². The van der Waals surface area contributed by atoms with Crippen molar-refractivity contribution in [3.63, 3.8) is 0 Å². The van der Waals surface area contributed by atoms with Crippen molar-refractivity contribution < 1.29 is 14.7 Å². The van der Waals surface area contributed by atoms with Crippen LogP contribution in [0.15, 0.2) is 0 Å². The quantitative estimate of drug-likeness (QED) is 0.750. The number of nitrogens with zero attached hydrogens (tertiary/aromatic N) is 2. The number of likely N-dealkylation sites (N-methyl/N-ethyl adjacent to an activating group) is 1. The molecule has 0 aliphatic carbocycles. The van der Waals surface area contributed by atoms with Crippen LogP contribution in [0.25, 0.3) is 0 Å². The zero-order chi connectivity index (χ0) is 13.5. The third kappa shape index (κ3) is 4.18. The van der Waals surface area contributed by atoms with Crippen LogP contribution in [0.5, 0.6) is 0 Å². The van der Waals surface area contributed by atoms with E-state index in [1.165, 1.54) is 4.90 Å². The molecule has 1 aliphatic rings. The molecule has 0 radical (unpaired) electrons. The first kappa shape index (κ1) is 14.8. The van der Waals surface area contributed by atoms with Gasteiger partial charge in [-0.25, -0.2) is 4.79 Å². The molecule has 18 heavy (non-hydrogen) atoms. The summed E-state index contributed by atoms with van der Waals surface area (Å²) in [5, 5.41) is 11.9. The van der Waals surface area contributed by atoms with Gasteiger partial charge in [-0.15, -0.1) is 0 Å². The largest absolute Gasteiger partial charge is 0.480 e. The average Bonchev–Trinajstić information content (AvgIpc) is 2.35. The number of amides is 2. The number of aliphatic carboxylic acids is 1. The zero-order valence-electron chi connectivity index (χ0n) is 11.2. The SMILES string of the molecule is CCN(CC(=O)O)C(=O)N1CCCC(CNC)C1. The van der Waals surface area contributed by atoms with Gasteiger partial charge in [0, 0.05) is 19.6 Å². The normalized spacial score (nSPS) is 19.7. The fourth-order valence-corrected chi connectivity index (χ4v) is 2.37. The van der Waals surface area contributed by atoms with Crippen molar-refractivity contribution in [2.24, 2.45) is 5.92 Å². The summed E-state index contributed by atoms with van der Waals surface area (Å²) in [5.41, 5.74) is 0. The molecule has 1 heterocycles. The van der Waals surface area contributed by atoms with E-state index in [2.05, 4.69) is 5.32 Å². The minimum absolute atomic E-state index is 0.152. The van der Waals surface area contributed by atoms with E-state index in [1.54, 1.807) is 11.8 Å². The number of likely N-dealkylation sites (tertiary alicyclic amines) is 1. The Hall–Kier alpha value is -1.30. The molecule has 1 aliphatic heterocycles. The number of piperidine rings is 1. The zero-order valence-corrected chi connectivity index (χ0v) is 11.2. The second-order valence-electron chi connectivity index (χ2n) is 4.70. The summed E-state index contributed by atoms with van der Waals surface area (Å²) < 4.78 is 0. The highest BCUT2D eigenvalue weighted by atomic mass is 16.4. The van der Waals surface area contributed by atoms with Crippen LogP contribution in [0.3, 0.4) is 0 Å². The van der Waals surface area contributed by atoms with Gasteiger partial charge in [0.25, 0.3) is 0 Å². The molecule has 1 saturated heterocycles. The molecule has 1 rings (SSSR count). The summed E-state index contributed by atoms with van der Waals surface area (Å²) in [5.74, 6) is -0.495. The standard InChI is InChI=1S/C12H23N3O3/c1-3-14(9-11(16)17)12(18)15-6-4-5-10(8-15)7-13-2/h10,13H,3-9H2,1-2H3,(H,16,17). The van der Waals surface area contributed by atoms with Crippen molar-refractivity contribution in [2.45, 2.75) is 19.8 Å². The Morgan fingerprint density at radius 1 is 1.50 bits per heavy atom. The highest BCUT2D eigenvalue weighted by Crippen LogP contribution is 2.17. The number of carboxylic acid groups (broad SMARTS) is 1. The Morgan fingerprint density at radius 3 is 2.78 bits per heavy atom. The molecule has 0 spiro atoms. The Bertz CT molecular complexity index is 294. The van der Waals surface area contributed by atoms with E-state index < -0.39 is 5.97 Å². The number of rotatable bonds is 5. The van der Waals surface area contributed by atoms with E-state index in [9.17, 15) is 9.59 Å². The van der Waals surface area contributed by atoms with Crippen molar-refractivity contribution in [3.8, 4) is 0 Å².